The van der Waals surface area contributed by atoms with Crippen LogP contribution in [0.3, 0.4) is 0 Å². The molecule has 0 aliphatic rings. The lowest BCUT2D eigenvalue weighted by molar-refractivity contribution is 0.926. The van der Waals surface area contributed by atoms with E-state index in [0.717, 1.165) is 33.8 Å². The van der Waals surface area contributed by atoms with Crippen LogP contribution in [0.25, 0.3) is 21.7 Å². The number of hydrogen-bond donors (Lipinski definition) is 1. The highest BCUT2D eigenvalue weighted by Crippen LogP contribution is 2.33. The molecular weight excluding hydrogens is 344 g/mol. The van der Waals surface area contributed by atoms with E-state index in [2.05, 4.69) is 36.7 Å². The minimum absolute atomic E-state index is 0.607. The molecule has 0 saturated heterocycles. The Balaban J connectivity index is 1.58. The van der Waals surface area contributed by atoms with Crippen LogP contribution in [0.2, 0.25) is 0 Å². The number of rotatable bonds is 6. The number of aromatic nitrogens is 5. The average Bonchev–Trinajstić information content (AvgIpc) is 3.24. The van der Waals surface area contributed by atoms with Crippen molar-refractivity contribution in [1.29, 1.82) is 0 Å². The Bertz CT molecular complexity index is 958. The Labute approximate surface area is 155 Å². The van der Waals surface area contributed by atoms with Crippen LogP contribution in [0, 0.1) is 0 Å². The van der Waals surface area contributed by atoms with Crippen molar-refractivity contribution < 1.29 is 0 Å². The van der Waals surface area contributed by atoms with E-state index in [1.165, 1.54) is 0 Å². The molecule has 0 saturated carbocycles. The molecule has 0 radical (unpaired) electrons. The van der Waals surface area contributed by atoms with Crippen LogP contribution in [0.5, 0.6) is 0 Å². The number of nitrogens with one attached hydrogen (secondary N) is 1. The first-order chi connectivity index (χ1) is 12.9. The summed E-state index contributed by atoms with van der Waals surface area (Å²) in [6.45, 7) is 0.692. The molecule has 0 atom stereocenters. The lowest BCUT2D eigenvalue weighted by Gasteiger charge is -2.10. The molecule has 0 aromatic carbocycles. The van der Waals surface area contributed by atoms with E-state index < -0.39 is 0 Å². The third kappa shape index (κ3) is 3.73. The first-order valence-electron chi connectivity index (χ1n) is 8.20. The second-order valence-corrected chi connectivity index (χ2v) is 6.49. The van der Waals surface area contributed by atoms with Gasteiger partial charge >= 0.3 is 0 Å². The number of thiophene rings is 1. The Morgan fingerprint density at radius 2 is 1.85 bits per heavy atom. The minimum Gasteiger partial charge on any atom is -0.354 e. The van der Waals surface area contributed by atoms with Crippen LogP contribution < -0.4 is 5.32 Å². The van der Waals surface area contributed by atoms with E-state index in [9.17, 15) is 0 Å². The summed E-state index contributed by atoms with van der Waals surface area (Å²) in [5.41, 5.74) is 3.90. The normalized spacial score (nSPS) is 10.6. The minimum atomic E-state index is 0.607. The molecule has 0 aliphatic carbocycles. The Morgan fingerprint density at radius 3 is 2.62 bits per heavy atom. The van der Waals surface area contributed by atoms with Gasteiger partial charge in [-0.15, -0.1) is 11.3 Å². The van der Waals surface area contributed by atoms with Crippen LogP contribution in [0.4, 0.5) is 5.95 Å². The van der Waals surface area contributed by atoms with E-state index in [1.54, 1.807) is 42.3 Å². The van der Waals surface area contributed by atoms with Gasteiger partial charge < -0.3 is 5.32 Å². The molecule has 0 unspecified atom stereocenters. The van der Waals surface area contributed by atoms with E-state index in [-0.39, 0.29) is 0 Å². The second kappa shape index (κ2) is 7.79. The smallest absolute Gasteiger partial charge is 0.223 e. The largest absolute Gasteiger partial charge is 0.354 e. The van der Waals surface area contributed by atoms with Gasteiger partial charge in [-0.3, -0.25) is 15.0 Å². The number of anilines is 1. The van der Waals surface area contributed by atoms with Gasteiger partial charge in [0.2, 0.25) is 5.95 Å². The van der Waals surface area contributed by atoms with Crippen molar-refractivity contribution in [1.82, 2.24) is 24.9 Å². The first-order valence-corrected chi connectivity index (χ1v) is 9.08. The third-order valence-corrected chi connectivity index (χ3v) is 4.69. The topological polar surface area (TPSA) is 76.5 Å². The summed E-state index contributed by atoms with van der Waals surface area (Å²) in [5, 5.41) is 5.33. The zero-order chi connectivity index (χ0) is 17.6. The van der Waals surface area contributed by atoms with Crippen LogP contribution in [-0.4, -0.2) is 31.5 Å². The molecule has 4 aromatic rings. The van der Waals surface area contributed by atoms with Gasteiger partial charge in [-0.25, -0.2) is 9.97 Å². The van der Waals surface area contributed by atoms with Gasteiger partial charge in [-0.1, -0.05) is 6.07 Å². The summed E-state index contributed by atoms with van der Waals surface area (Å²) in [6, 6.07) is 8.04. The summed E-state index contributed by atoms with van der Waals surface area (Å²) in [5.74, 6) is 0.607. The molecule has 4 rings (SSSR count). The molecule has 4 aromatic heterocycles. The summed E-state index contributed by atoms with van der Waals surface area (Å²) >= 11 is 1.66. The van der Waals surface area contributed by atoms with Crippen LogP contribution >= 0.6 is 11.3 Å². The third-order valence-electron chi connectivity index (χ3n) is 3.82. The molecule has 4 heterocycles. The molecule has 1 N–H and O–H groups in total. The molecule has 0 amide bonds. The summed E-state index contributed by atoms with van der Waals surface area (Å²) in [6.07, 6.45) is 11.3. The summed E-state index contributed by atoms with van der Waals surface area (Å²) in [7, 11) is 0. The number of hydrogen-bond acceptors (Lipinski definition) is 7. The molecule has 26 heavy (non-hydrogen) atoms. The fraction of sp³-hybridized carbons (Fsp3) is 0.105. The average molecular weight is 360 g/mol. The lowest BCUT2D eigenvalue weighted by atomic mass is 10.1. The molecule has 0 bridgehead atoms. The van der Waals surface area contributed by atoms with E-state index >= 15 is 0 Å². The van der Waals surface area contributed by atoms with E-state index in [0.29, 0.717) is 12.5 Å². The van der Waals surface area contributed by atoms with Crippen LogP contribution in [-0.2, 0) is 6.42 Å². The van der Waals surface area contributed by atoms with E-state index in [1.807, 2.05) is 24.4 Å². The van der Waals surface area contributed by atoms with Gasteiger partial charge in [0.15, 0.2) is 0 Å². The highest BCUT2D eigenvalue weighted by Gasteiger charge is 2.12. The van der Waals surface area contributed by atoms with Crippen molar-refractivity contribution in [3.63, 3.8) is 0 Å². The second-order valence-electron chi connectivity index (χ2n) is 5.54. The molecule has 0 aliphatic heterocycles. The summed E-state index contributed by atoms with van der Waals surface area (Å²) in [4.78, 5) is 22.8. The maximum Gasteiger partial charge on any atom is 0.223 e. The zero-order valence-electron chi connectivity index (χ0n) is 13.9. The fourth-order valence-electron chi connectivity index (χ4n) is 2.57. The number of nitrogens with zero attached hydrogens (tertiary/aromatic N) is 5. The van der Waals surface area contributed by atoms with E-state index in [4.69, 9.17) is 4.98 Å². The highest BCUT2D eigenvalue weighted by molar-refractivity contribution is 7.13. The first kappa shape index (κ1) is 16.3. The fourth-order valence-corrected chi connectivity index (χ4v) is 3.30. The molecule has 0 fully saturated rings. The van der Waals surface area contributed by atoms with Crippen molar-refractivity contribution in [2.45, 2.75) is 6.42 Å². The van der Waals surface area contributed by atoms with Gasteiger partial charge in [-0.05, 0) is 29.1 Å². The summed E-state index contributed by atoms with van der Waals surface area (Å²) < 4.78 is 0. The molecule has 6 nitrogen and oxygen atoms in total. The van der Waals surface area contributed by atoms with Crippen molar-refractivity contribution in [3.05, 3.63) is 72.5 Å². The van der Waals surface area contributed by atoms with Crippen molar-refractivity contribution in [2.24, 2.45) is 0 Å². The van der Waals surface area contributed by atoms with Crippen molar-refractivity contribution in [2.75, 3.05) is 11.9 Å². The Hall–Kier alpha value is -3.19. The predicted octanol–water partition coefficient (Wildman–Crippen LogP) is 3.71. The van der Waals surface area contributed by atoms with Crippen molar-refractivity contribution >= 4 is 17.3 Å². The maximum atomic E-state index is 4.75. The van der Waals surface area contributed by atoms with Gasteiger partial charge in [0.1, 0.15) is 0 Å². The highest BCUT2D eigenvalue weighted by atomic mass is 32.1. The van der Waals surface area contributed by atoms with Gasteiger partial charge in [0, 0.05) is 55.7 Å². The Kier molecular flexibility index (Phi) is 4.88. The maximum absolute atomic E-state index is 4.75. The SMILES string of the molecule is c1csc(-c2nc(NCCc3cnccn3)ncc2-c2ccncc2)c1. The molecular formula is C19H16N6S. The molecule has 128 valence electrons. The lowest BCUT2D eigenvalue weighted by Crippen LogP contribution is -2.09. The van der Waals surface area contributed by atoms with Crippen LogP contribution in [0.15, 0.2) is 66.8 Å². The predicted molar refractivity (Wildman–Crippen MR) is 103 cm³/mol. The standard InChI is InChI=1S/C19H16N6S/c1-2-17(26-11-1)18-16(14-3-6-20-7-4-14)13-24-19(25-18)23-8-5-15-12-21-9-10-22-15/h1-4,6-7,9-13H,5,8H2,(H,23,24,25). The molecule has 7 heteroatoms. The van der Waals surface area contributed by atoms with Gasteiger partial charge in [0.05, 0.1) is 16.3 Å². The van der Waals surface area contributed by atoms with Gasteiger partial charge in [-0.2, -0.15) is 0 Å². The van der Waals surface area contributed by atoms with Gasteiger partial charge in [0.25, 0.3) is 0 Å². The quantitative estimate of drug-likeness (QED) is 0.565. The Morgan fingerprint density at radius 1 is 0.923 bits per heavy atom. The van der Waals surface area contributed by atoms with Crippen molar-refractivity contribution in [3.8, 4) is 21.7 Å². The number of pyridine rings is 1. The molecule has 0 spiro atoms. The zero-order valence-corrected chi connectivity index (χ0v) is 14.7. The monoisotopic (exact) mass is 360 g/mol. The van der Waals surface area contributed by atoms with Crippen LogP contribution in [0.1, 0.15) is 5.69 Å².